The molecule has 33 heavy (non-hydrogen) atoms. The van der Waals surface area contributed by atoms with E-state index in [-0.39, 0.29) is 12.3 Å². The molecule has 0 N–H and O–H groups in total. The lowest BCUT2D eigenvalue weighted by atomic mass is 10.0. The van der Waals surface area contributed by atoms with Gasteiger partial charge in [0.1, 0.15) is 12.4 Å². The fourth-order valence-electron chi connectivity index (χ4n) is 3.26. The van der Waals surface area contributed by atoms with Crippen LogP contribution in [0.3, 0.4) is 0 Å². The van der Waals surface area contributed by atoms with E-state index in [9.17, 15) is 18.0 Å². The van der Waals surface area contributed by atoms with Gasteiger partial charge in [-0.2, -0.15) is 23.3 Å². The summed E-state index contributed by atoms with van der Waals surface area (Å²) < 4.78 is 47.8. The largest absolute Gasteiger partial charge is 0.488 e. The third kappa shape index (κ3) is 5.17. The number of amides is 1. The maximum Gasteiger partial charge on any atom is 0.435 e. The molecule has 8 heteroatoms. The quantitative estimate of drug-likeness (QED) is 0.356. The van der Waals surface area contributed by atoms with Gasteiger partial charge < -0.3 is 4.74 Å². The van der Waals surface area contributed by atoms with E-state index in [2.05, 4.69) is 21.0 Å². The van der Waals surface area contributed by atoms with E-state index >= 15 is 0 Å². The summed E-state index contributed by atoms with van der Waals surface area (Å²) in [7, 11) is 0. The number of hydrazone groups is 1. The van der Waals surface area contributed by atoms with Gasteiger partial charge in [-0.1, -0.05) is 64.0 Å². The molecule has 0 aromatic heterocycles. The number of aryl methyl sites for hydroxylation is 1. The minimum absolute atomic E-state index is 0.225. The third-order valence-corrected chi connectivity index (χ3v) is 5.43. The van der Waals surface area contributed by atoms with E-state index in [0.717, 1.165) is 16.1 Å². The lowest BCUT2D eigenvalue weighted by Gasteiger charge is -2.12. The lowest BCUT2D eigenvalue weighted by molar-refractivity contribution is -0.114. The van der Waals surface area contributed by atoms with Crippen LogP contribution in [0.2, 0.25) is 0 Å². The Kier molecular flexibility index (Phi) is 6.37. The molecular formula is C25H18BrF3N2O2. The van der Waals surface area contributed by atoms with E-state index in [4.69, 9.17) is 4.74 Å². The number of hydrogen-bond donors (Lipinski definition) is 0. The van der Waals surface area contributed by atoms with Crippen molar-refractivity contribution in [1.29, 1.82) is 0 Å². The normalized spacial score (nSPS) is 15.2. The molecule has 4 rings (SSSR count). The fraction of sp³-hybridized carbons (Fsp3) is 0.120. The average Bonchev–Trinajstić information content (AvgIpc) is 3.11. The number of anilines is 1. The number of alkyl halides is 3. The highest BCUT2D eigenvalue weighted by Gasteiger charge is 2.46. The second-order valence-corrected chi connectivity index (χ2v) is 8.33. The summed E-state index contributed by atoms with van der Waals surface area (Å²) in [5.74, 6) is -0.517. The Morgan fingerprint density at radius 2 is 1.73 bits per heavy atom. The monoisotopic (exact) mass is 514 g/mol. The minimum atomic E-state index is -4.81. The minimum Gasteiger partial charge on any atom is -0.488 e. The van der Waals surface area contributed by atoms with Crippen molar-refractivity contribution in [3.63, 3.8) is 0 Å². The number of para-hydroxylation sites is 1. The van der Waals surface area contributed by atoms with Crippen molar-refractivity contribution in [2.24, 2.45) is 5.10 Å². The van der Waals surface area contributed by atoms with Gasteiger partial charge in [-0.15, -0.1) is 0 Å². The van der Waals surface area contributed by atoms with Crippen molar-refractivity contribution >= 4 is 39.3 Å². The van der Waals surface area contributed by atoms with E-state index in [1.807, 2.05) is 31.2 Å². The molecule has 1 aliphatic heterocycles. The molecule has 0 atom stereocenters. The Bertz CT molecular complexity index is 1240. The van der Waals surface area contributed by atoms with Crippen LogP contribution in [0.15, 0.2) is 87.9 Å². The SMILES string of the molecule is Cc1ccc(COc2ccc(Br)cc2/C=C2\C(=O)N(c3ccccc3)N=C2C(F)(F)F)cc1. The molecule has 0 unspecified atom stereocenters. The molecule has 168 valence electrons. The van der Waals surface area contributed by atoms with E-state index in [1.54, 1.807) is 36.4 Å². The molecule has 3 aromatic rings. The number of hydrogen-bond acceptors (Lipinski definition) is 3. The van der Waals surface area contributed by atoms with Crippen LogP contribution < -0.4 is 9.75 Å². The van der Waals surface area contributed by atoms with Gasteiger partial charge in [0.05, 0.1) is 11.3 Å². The van der Waals surface area contributed by atoms with Crippen molar-refractivity contribution in [2.45, 2.75) is 19.7 Å². The van der Waals surface area contributed by atoms with Gasteiger partial charge in [0.15, 0.2) is 5.71 Å². The third-order valence-electron chi connectivity index (χ3n) is 4.93. The van der Waals surface area contributed by atoms with Gasteiger partial charge in [0.2, 0.25) is 0 Å². The fourth-order valence-corrected chi connectivity index (χ4v) is 3.64. The molecule has 1 aliphatic rings. The van der Waals surface area contributed by atoms with Crippen LogP contribution >= 0.6 is 15.9 Å². The first-order valence-corrected chi connectivity index (χ1v) is 10.8. The maximum atomic E-state index is 13.8. The van der Waals surface area contributed by atoms with Crippen LogP contribution in [0, 0.1) is 6.92 Å². The topological polar surface area (TPSA) is 41.9 Å². The molecule has 0 bridgehead atoms. The lowest BCUT2D eigenvalue weighted by Crippen LogP contribution is -2.25. The summed E-state index contributed by atoms with van der Waals surface area (Å²) in [6.07, 6.45) is -3.63. The smallest absolute Gasteiger partial charge is 0.435 e. The highest BCUT2D eigenvalue weighted by Crippen LogP contribution is 2.34. The second-order valence-electron chi connectivity index (χ2n) is 7.41. The molecule has 0 saturated carbocycles. The molecule has 0 fully saturated rings. The highest BCUT2D eigenvalue weighted by atomic mass is 79.9. The van der Waals surface area contributed by atoms with Crippen molar-refractivity contribution < 1.29 is 22.7 Å². The van der Waals surface area contributed by atoms with Crippen LogP contribution in [0.5, 0.6) is 5.75 Å². The maximum absolute atomic E-state index is 13.8. The number of halogens is 4. The predicted molar refractivity (Wildman–Crippen MR) is 125 cm³/mol. The van der Waals surface area contributed by atoms with Crippen molar-refractivity contribution in [2.75, 3.05) is 5.01 Å². The van der Waals surface area contributed by atoms with E-state index < -0.39 is 23.4 Å². The van der Waals surface area contributed by atoms with Crippen LogP contribution in [-0.4, -0.2) is 17.8 Å². The number of nitrogens with zero attached hydrogens (tertiary/aromatic N) is 2. The molecule has 1 amide bonds. The Morgan fingerprint density at radius 1 is 1.03 bits per heavy atom. The predicted octanol–water partition coefficient (Wildman–Crippen LogP) is 6.69. The van der Waals surface area contributed by atoms with Crippen LogP contribution in [0.4, 0.5) is 18.9 Å². The zero-order valence-corrected chi connectivity index (χ0v) is 19.0. The molecular weight excluding hydrogens is 497 g/mol. The van der Waals surface area contributed by atoms with Gasteiger partial charge in [0, 0.05) is 10.0 Å². The number of benzene rings is 3. The average molecular weight is 515 g/mol. The number of carbonyl (C=O) groups is 1. The molecule has 0 aliphatic carbocycles. The van der Waals surface area contributed by atoms with Crippen molar-refractivity contribution in [3.05, 3.63) is 99.5 Å². The molecule has 1 heterocycles. The summed E-state index contributed by atoms with van der Waals surface area (Å²) in [6, 6.07) is 20.7. The zero-order chi connectivity index (χ0) is 23.6. The Hall–Kier alpha value is -3.39. The first kappa shape index (κ1) is 22.8. The highest BCUT2D eigenvalue weighted by molar-refractivity contribution is 9.10. The molecule has 4 nitrogen and oxygen atoms in total. The van der Waals surface area contributed by atoms with Crippen molar-refractivity contribution in [1.82, 2.24) is 0 Å². The molecule has 0 radical (unpaired) electrons. The number of carbonyl (C=O) groups excluding carboxylic acids is 1. The number of rotatable bonds is 5. The zero-order valence-electron chi connectivity index (χ0n) is 17.4. The Morgan fingerprint density at radius 3 is 2.39 bits per heavy atom. The standard InChI is InChI=1S/C25H18BrF3N2O2/c1-16-7-9-17(10-8-16)15-33-22-12-11-19(26)13-18(22)14-21-23(25(27,28)29)30-31(24(21)32)20-5-3-2-4-6-20/h2-14H,15H2,1H3/b21-14-. The van der Waals surface area contributed by atoms with Crippen molar-refractivity contribution in [3.8, 4) is 5.75 Å². The first-order valence-electron chi connectivity index (χ1n) is 9.97. The van der Waals surface area contributed by atoms with Gasteiger partial charge in [0.25, 0.3) is 5.91 Å². The van der Waals surface area contributed by atoms with Crippen LogP contribution in [-0.2, 0) is 11.4 Å². The molecule has 0 saturated heterocycles. The van der Waals surface area contributed by atoms with Crippen LogP contribution in [0.1, 0.15) is 16.7 Å². The second kappa shape index (κ2) is 9.23. The summed E-state index contributed by atoms with van der Waals surface area (Å²) in [5, 5.41) is 4.36. The molecule has 0 spiro atoms. The Labute approximate surface area is 197 Å². The van der Waals surface area contributed by atoms with Gasteiger partial charge in [-0.25, -0.2) is 0 Å². The summed E-state index contributed by atoms with van der Waals surface area (Å²) in [4.78, 5) is 13.0. The summed E-state index contributed by atoms with van der Waals surface area (Å²) >= 11 is 3.34. The van der Waals surface area contributed by atoms with E-state index in [1.165, 1.54) is 18.2 Å². The first-order chi connectivity index (χ1) is 15.7. The van der Waals surface area contributed by atoms with Gasteiger partial charge >= 0.3 is 6.18 Å². The van der Waals surface area contributed by atoms with E-state index in [0.29, 0.717) is 15.8 Å². The Balaban J connectivity index is 1.70. The van der Waals surface area contributed by atoms with Crippen LogP contribution in [0.25, 0.3) is 6.08 Å². The van der Waals surface area contributed by atoms with Gasteiger partial charge in [-0.3, -0.25) is 4.79 Å². The summed E-state index contributed by atoms with van der Waals surface area (Å²) in [6.45, 7) is 2.20. The summed E-state index contributed by atoms with van der Waals surface area (Å²) in [5.41, 5.74) is 0.788. The molecule has 3 aromatic carbocycles. The van der Waals surface area contributed by atoms with Gasteiger partial charge in [-0.05, 0) is 48.9 Å². The number of ether oxygens (including phenoxy) is 1.